The lowest BCUT2D eigenvalue weighted by atomic mass is 9.86. The summed E-state index contributed by atoms with van der Waals surface area (Å²) in [6, 6.07) is 18.9. The van der Waals surface area contributed by atoms with Gasteiger partial charge in [-0.2, -0.15) is 0 Å². The highest BCUT2D eigenvalue weighted by Gasteiger charge is 2.41. The van der Waals surface area contributed by atoms with Crippen molar-refractivity contribution in [3.05, 3.63) is 75.5 Å². The highest BCUT2D eigenvalue weighted by molar-refractivity contribution is 7.12. The van der Waals surface area contributed by atoms with E-state index in [1.54, 1.807) is 0 Å². The number of nitrogens with zero attached hydrogens (tertiary/aromatic N) is 3. The van der Waals surface area contributed by atoms with Gasteiger partial charge < -0.3 is 9.64 Å². The van der Waals surface area contributed by atoms with Gasteiger partial charge in [0.25, 0.3) is 5.91 Å². The van der Waals surface area contributed by atoms with E-state index < -0.39 is 0 Å². The highest BCUT2D eigenvalue weighted by atomic mass is 32.1. The Kier molecular flexibility index (Phi) is 9.76. The van der Waals surface area contributed by atoms with E-state index in [-0.39, 0.29) is 11.4 Å². The minimum atomic E-state index is 0.129. The quantitative estimate of drug-likeness (QED) is 0.256. The maximum absolute atomic E-state index is 13.3. The fraction of sp³-hybridized carbons (Fsp3) is 0.528. The minimum Gasteiger partial charge on any atom is -0.492 e. The van der Waals surface area contributed by atoms with Crippen LogP contribution >= 0.6 is 11.3 Å². The van der Waals surface area contributed by atoms with Crippen LogP contribution in [0, 0.1) is 6.92 Å². The molecular weight excluding hydrogens is 538 g/mol. The topological polar surface area (TPSA) is 36.0 Å². The van der Waals surface area contributed by atoms with E-state index in [4.69, 9.17) is 4.74 Å². The average Bonchev–Trinajstić information content (AvgIpc) is 3.48. The third kappa shape index (κ3) is 6.61. The van der Waals surface area contributed by atoms with Gasteiger partial charge >= 0.3 is 0 Å². The molecule has 2 fully saturated rings. The molecule has 2 saturated heterocycles. The van der Waals surface area contributed by atoms with Crippen molar-refractivity contribution in [2.24, 2.45) is 0 Å². The minimum absolute atomic E-state index is 0.129. The first-order valence-corrected chi connectivity index (χ1v) is 16.8. The number of carbonyl (C=O) groups is 1. The smallest absolute Gasteiger partial charge is 0.267 e. The lowest BCUT2D eigenvalue weighted by Gasteiger charge is -2.52. The van der Waals surface area contributed by atoms with Gasteiger partial charge in [-0.1, -0.05) is 61.9 Å². The Bertz CT molecular complexity index is 1340. The van der Waals surface area contributed by atoms with Crippen LogP contribution in [0.2, 0.25) is 0 Å². The van der Waals surface area contributed by atoms with Gasteiger partial charge in [0.15, 0.2) is 0 Å². The highest BCUT2D eigenvalue weighted by Crippen LogP contribution is 2.35. The number of hydrogen-bond donors (Lipinski definition) is 0. The van der Waals surface area contributed by atoms with Crippen molar-refractivity contribution in [2.45, 2.75) is 84.8 Å². The first-order chi connectivity index (χ1) is 20.2. The van der Waals surface area contributed by atoms with E-state index in [0.29, 0.717) is 18.7 Å². The number of benzene rings is 2. The zero-order chi connectivity index (χ0) is 29.9. The van der Waals surface area contributed by atoms with Gasteiger partial charge in [-0.15, -0.1) is 11.3 Å². The summed E-state index contributed by atoms with van der Waals surface area (Å²) in [7, 11) is 0. The number of piperazine rings is 1. The third-order valence-electron chi connectivity index (χ3n) is 9.62. The second-order valence-electron chi connectivity index (χ2n) is 12.6. The molecule has 0 saturated carbocycles. The predicted molar refractivity (Wildman–Crippen MR) is 176 cm³/mol. The van der Waals surface area contributed by atoms with Crippen molar-refractivity contribution in [3.8, 4) is 16.9 Å². The van der Waals surface area contributed by atoms with E-state index in [0.717, 1.165) is 69.0 Å². The van der Waals surface area contributed by atoms with Crippen LogP contribution in [0.15, 0.2) is 53.9 Å². The number of likely N-dealkylation sites (tertiary alicyclic amines) is 1. The van der Waals surface area contributed by atoms with Crippen molar-refractivity contribution in [1.82, 2.24) is 14.7 Å². The first-order valence-electron chi connectivity index (χ1n) is 15.9. The second-order valence-corrected chi connectivity index (χ2v) is 13.6. The lowest BCUT2D eigenvalue weighted by Crippen LogP contribution is -2.62. The summed E-state index contributed by atoms with van der Waals surface area (Å²) in [5.74, 6) is 0.874. The van der Waals surface area contributed by atoms with Crippen LogP contribution in [0.25, 0.3) is 11.1 Å². The summed E-state index contributed by atoms with van der Waals surface area (Å²) in [6.07, 6.45) is 4.03. The molecular formula is C36H49N3O2S. The van der Waals surface area contributed by atoms with E-state index in [2.05, 4.69) is 93.8 Å². The van der Waals surface area contributed by atoms with Gasteiger partial charge in [0, 0.05) is 50.3 Å². The van der Waals surface area contributed by atoms with E-state index in [9.17, 15) is 4.79 Å². The standard InChI is InChI=1S/C36H49N3O2S/c1-7-20-41-33-13-21-42-34(33)35(40)37-16-14-36(6,15-17-37)38-18-19-39(27(4)25-38)28(5)30-9-11-31(12-10-30)32-23-26(3)22-29(8-2)24-32/h9-13,21-24,27-28H,7-8,14-20,25H2,1-6H3/t27-,28+/m1/s1. The van der Waals surface area contributed by atoms with Crippen molar-refractivity contribution >= 4 is 17.2 Å². The Morgan fingerprint density at radius 3 is 2.43 bits per heavy atom. The van der Waals surface area contributed by atoms with Crippen LogP contribution in [0.1, 0.15) is 86.3 Å². The van der Waals surface area contributed by atoms with Gasteiger partial charge in [0.05, 0.1) is 6.61 Å². The number of hydrogen-bond acceptors (Lipinski definition) is 5. The Hall–Kier alpha value is -2.67. The lowest BCUT2D eigenvalue weighted by molar-refractivity contribution is -0.0277. The Balaban J connectivity index is 1.17. The largest absolute Gasteiger partial charge is 0.492 e. The average molecular weight is 588 g/mol. The molecule has 1 amide bonds. The molecule has 0 N–H and O–H groups in total. The molecule has 2 atom stereocenters. The van der Waals surface area contributed by atoms with Crippen LogP contribution < -0.4 is 4.74 Å². The fourth-order valence-corrected chi connectivity index (χ4v) is 7.65. The van der Waals surface area contributed by atoms with Crippen molar-refractivity contribution in [1.29, 1.82) is 0 Å². The predicted octanol–water partition coefficient (Wildman–Crippen LogP) is 7.84. The second kappa shape index (κ2) is 13.3. The number of ether oxygens (including phenoxy) is 1. The number of piperidine rings is 1. The molecule has 0 radical (unpaired) electrons. The summed E-state index contributed by atoms with van der Waals surface area (Å²) < 4.78 is 5.84. The van der Waals surface area contributed by atoms with Gasteiger partial charge in [-0.05, 0) is 87.1 Å². The molecule has 3 heterocycles. The normalized spacial score (nSPS) is 20.4. The van der Waals surface area contributed by atoms with E-state index in [1.807, 2.05) is 16.3 Å². The van der Waals surface area contributed by atoms with Gasteiger partial charge in [0.1, 0.15) is 10.6 Å². The van der Waals surface area contributed by atoms with E-state index >= 15 is 0 Å². The zero-order valence-electron chi connectivity index (χ0n) is 26.5. The molecule has 5 nitrogen and oxygen atoms in total. The molecule has 1 aromatic heterocycles. The van der Waals surface area contributed by atoms with Gasteiger partial charge in [-0.25, -0.2) is 0 Å². The summed E-state index contributed by atoms with van der Waals surface area (Å²) in [4.78, 5) is 21.5. The number of amides is 1. The molecule has 5 rings (SSSR count). The van der Waals surface area contributed by atoms with Crippen LogP contribution in [0.4, 0.5) is 0 Å². The molecule has 2 aliphatic heterocycles. The molecule has 42 heavy (non-hydrogen) atoms. The van der Waals surface area contributed by atoms with E-state index in [1.165, 1.54) is 39.2 Å². The first kappa shape index (κ1) is 30.8. The van der Waals surface area contributed by atoms with Gasteiger partial charge in [0.2, 0.25) is 0 Å². The molecule has 0 spiro atoms. The SMILES string of the molecule is CCCOc1ccsc1C(=O)N1CCC(C)(N2CCN([C@@H](C)c3ccc(-c4cc(C)cc(CC)c4)cc3)[C@H](C)C2)CC1. The summed E-state index contributed by atoms with van der Waals surface area (Å²) in [6.45, 7) is 19.1. The van der Waals surface area contributed by atoms with Crippen molar-refractivity contribution < 1.29 is 9.53 Å². The van der Waals surface area contributed by atoms with Gasteiger partial charge in [-0.3, -0.25) is 14.6 Å². The molecule has 0 aliphatic carbocycles. The van der Waals surface area contributed by atoms with Crippen LogP contribution in [0.3, 0.4) is 0 Å². The maximum Gasteiger partial charge on any atom is 0.267 e. The zero-order valence-corrected chi connectivity index (χ0v) is 27.3. The Morgan fingerprint density at radius 1 is 1.02 bits per heavy atom. The van der Waals surface area contributed by atoms with Crippen molar-refractivity contribution in [3.63, 3.8) is 0 Å². The number of carbonyl (C=O) groups excluding carboxylic acids is 1. The molecule has 2 aromatic carbocycles. The van der Waals surface area contributed by atoms with Crippen molar-refractivity contribution in [2.75, 3.05) is 39.3 Å². The molecule has 3 aromatic rings. The van der Waals surface area contributed by atoms with Crippen LogP contribution in [-0.4, -0.2) is 71.5 Å². The monoisotopic (exact) mass is 587 g/mol. The Labute approximate surface area is 257 Å². The number of aryl methyl sites for hydroxylation is 2. The van der Waals surface area contributed by atoms with Crippen LogP contribution in [-0.2, 0) is 6.42 Å². The fourth-order valence-electron chi connectivity index (χ4n) is 6.85. The molecule has 0 bridgehead atoms. The molecule has 226 valence electrons. The molecule has 6 heteroatoms. The summed E-state index contributed by atoms with van der Waals surface area (Å²) in [5, 5.41) is 1.97. The number of rotatable bonds is 9. The van der Waals surface area contributed by atoms with Crippen LogP contribution in [0.5, 0.6) is 5.75 Å². The molecule has 0 unspecified atom stereocenters. The summed E-state index contributed by atoms with van der Waals surface area (Å²) >= 11 is 1.50. The third-order valence-corrected chi connectivity index (χ3v) is 10.5. The summed E-state index contributed by atoms with van der Waals surface area (Å²) in [5.41, 5.74) is 6.85. The maximum atomic E-state index is 13.3. The number of thiophene rings is 1. The Morgan fingerprint density at radius 2 is 1.76 bits per heavy atom. The molecule has 2 aliphatic rings.